The normalized spacial score (nSPS) is 19.2. The van der Waals surface area contributed by atoms with E-state index in [1.165, 1.54) is 6.92 Å². The number of carbonyl (C=O) groups is 2. The molecule has 0 bridgehead atoms. The van der Waals surface area contributed by atoms with Crippen molar-refractivity contribution in [3.05, 3.63) is 35.4 Å². The van der Waals surface area contributed by atoms with E-state index in [2.05, 4.69) is 0 Å². The highest BCUT2D eigenvalue weighted by atomic mass is 19.1. The fraction of sp³-hybridized carbons (Fsp3) is 0.500. The number of hydrogen-bond donors (Lipinski definition) is 0. The number of likely N-dealkylation sites (tertiary alicyclic amines) is 1. The number of Topliss-reactive ketones (excluding diaryl/α,β-unsaturated/α-hetero) is 1. The Balaban J connectivity index is 2.26. The lowest BCUT2D eigenvalue weighted by atomic mass is 10.0. The maximum absolute atomic E-state index is 13.3. The van der Waals surface area contributed by atoms with Crippen LogP contribution in [0.3, 0.4) is 0 Å². The van der Waals surface area contributed by atoms with Crippen LogP contribution in [-0.2, 0) is 4.79 Å². The Morgan fingerprint density at radius 3 is 2.43 bits per heavy atom. The van der Waals surface area contributed by atoms with Crippen molar-refractivity contribution in [1.82, 2.24) is 4.90 Å². The molecule has 1 unspecified atom stereocenters. The van der Waals surface area contributed by atoms with Crippen molar-refractivity contribution in [3.8, 4) is 0 Å². The summed E-state index contributed by atoms with van der Waals surface area (Å²) in [6, 6.07) is 2.65. The summed E-state index contributed by atoms with van der Waals surface area (Å²) in [5.41, 5.74) is 0.00273. The summed E-state index contributed by atoms with van der Waals surface area (Å²) in [4.78, 5) is 25.5. The molecule has 1 saturated heterocycles. The first kappa shape index (κ1) is 15.6. The zero-order valence-electron chi connectivity index (χ0n) is 12.1. The maximum atomic E-state index is 13.3. The summed E-state index contributed by atoms with van der Waals surface area (Å²) in [5, 5.41) is 0. The van der Waals surface area contributed by atoms with Gasteiger partial charge in [0, 0.05) is 30.6 Å². The first-order valence-electron chi connectivity index (χ1n) is 7.24. The van der Waals surface area contributed by atoms with Crippen LogP contribution in [0.15, 0.2) is 18.2 Å². The van der Waals surface area contributed by atoms with Crippen LogP contribution >= 0.6 is 0 Å². The van der Waals surface area contributed by atoms with Crippen LogP contribution in [0.1, 0.15) is 49.4 Å². The van der Waals surface area contributed by atoms with Crippen LogP contribution in [0, 0.1) is 11.6 Å². The third-order valence-corrected chi connectivity index (χ3v) is 3.77. The van der Waals surface area contributed by atoms with E-state index in [-0.39, 0.29) is 17.4 Å². The van der Waals surface area contributed by atoms with Gasteiger partial charge in [-0.05, 0) is 31.9 Å². The van der Waals surface area contributed by atoms with Crippen molar-refractivity contribution in [2.75, 3.05) is 6.54 Å². The second-order valence-corrected chi connectivity index (χ2v) is 5.57. The molecular formula is C16H19F2NO2. The summed E-state index contributed by atoms with van der Waals surface area (Å²) in [7, 11) is 0. The van der Waals surface area contributed by atoms with Crippen LogP contribution in [0.5, 0.6) is 0 Å². The average molecular weight is 295 g/mol. The van der Waals surface area contributed by atoms with Gasteiger partial charge in [-0.25, -0.2) is 8.78 Å². The Labute approximate surface area is 122 Å². The monoisotopic (exact) mass is 295 g/mol. The molecule has 0 spiro atoms. The van der Waals surface area contributed by atoms with E-state index < -0.39 is 17.5 Å². The molecule has 0 aromatic heterocycles. The molecule has 1 fully saturated rings. The molecule has 5 heteroatoms. The van der Waals surface area contributed by atoms with Gasteiger partial charge in [0.15, 0.2) is 0 Å². The van der Waals surface area contributed by atoms with Crippen LogP contribution in [0.2, 0.25) is 0 Å². The average Bonchev–Trinajstić information content (AvgIpc) is 2.61. The van der Waals surface area contributed by atoms with Crippen molar-refractivity contribution in [2.24, 2.45) is 0 Å². The maximum Gasteiger partial charge on any atom is 0.254 e. The van der Waals surface area contributed by atoms with E-state index in [0.29, 0.717) is 13.0 Å². The Kier molecular flexibility index (Phi) is 5.04. The highest BCUT2D eigenvalue weighted by molar-refractivity contribution is 5.94. The fourth-order valence-corrected chi connectivity index (χ4v) is 2.83. The van der Waals surface area contributed by atoms with E-state index in [4.69, 9.17) is 0 Å². The van der Waals surface area contributed by atoms with Gasteiger partial charge in [0.2, 0.25) is 0 Å². The van der Waals surface area contributed by atoms with Crippen molar-refractivity contribution in [2.45, 2.75) is 45.1 Å². The second-order valence-electron chi connectivity index (χ2n) is 5.57. The van der Waals surface area contributed by atoms with Crippen LogP contribution in [0.4, 0.5) is 8.78 Å². The largest absolute Gasteiger partial charge is 0.335 e. The van der Waals surface area contributed by atoms with E-state index >= 15 is 0 Å². The molecule has 0 saturated carbocycles. The Morgan fingerprint density at radius 1 is 1.14 bits per heavy atom. The zero-order valence-corrected chi connectivity index (χ0v) is 12.1. The first-order valence-corrected chi connectivity index (χ1v) is 7.24. The van der Waals surface area contributed by atoms with Gasteiger partial charge in [-0.1, -0.05) is 12.8 Å². The summed E-state index contributed by atoms with van der Waals surface area (Å²) in [6.45, 7) is 2.02. The topological polar surface area (TPSA) is 37.4 Å². The smallest absolute Gasteiger partial charge is 0.254 e. The van der Waals surface area contributed by atoms with Gasteiger partial charge < -0.3 is 4.90 Å². The number of amides is 1. The number of carbonyl (C=O) groups excluding carboxylic acids is 2. The molecule has 1 atom stereocenters. The van der Waals surface area contributed by atoms with Gasteiger partial charge >= 0.3 is 0 Å². The van der Waals surface area contributed by atoms with Crippen molar-refractivity contribution in [1.29, 1.82) is 0 Å². The predicted octanol–water partition coefficient (Wildman–Crippen LogP) is 3.33. The molecular weight excluding hydrogens is 276 g/mol. The molecule has 3 nitrogen and oxygen atoms in total. The van der Waals surface area contributed by atoms with Gasteiger partial charge in [-0.3, -0.25) is 9.59 Å². The molecule has 1 aromatic carbocycles. The lowest BCUT2D eigenvalue weighted by molar-refractivity contribution is -0.118. The highest BCUT2D eigenvalue weighted by Gasteiger charge is 2.27. The third kappa shape index (κ3) is 4.09. The minimum atomic E-state index is -0.767. The summed E-state index contributed by atoms with van der Waals surface area (Å²) in [5.74, 6) is -1.92. The molecule has 1 aliphatic heterocycles. The summed E-state index contributed by atoms with van der Waals surface area (Å²) < 4.78 is 26.6. The van der Waals surface area contributed by atoms with Crippen LogP contribution in [0.25, 0.3) is 0 Å². The molecule has 21 heavy (non-hydrogen) atoms. The predicted molar refractivity (Wildman–Crippen MR) is 74.9 cm³/mol. The Bertz CT molecular complexity index is 525. The lowest BCUT2D eigenvalue weighted by Crippen LogP contribution is -2.41. The minimum Gasteiger partial charge on any atom is -0.335 e. The van der Waals surface area contributed by atoms with Gasteiger partial charge in [0.1, 0.15) is 17.4 Å². The molecule has 0 N–H and O–H groups in total. The van der Waals surface area contributed by atoms with Gasteiger partial charge in [0.05, 0.1) is 0 Å². The van der Waals surface area contributed by atoms with Gasteiger partial charge in [0.25, 0.3) is 5.91 Å². The van der Waals surface area contributed by atoms with E-state index in [9.17, 15) is 18.4 Å². The van der Waals surface area contributed by atoms with E-state index in [1.807, 2.05) is 0 Å². The Morgan fingerprint density at radius 2 is 1.81 bits per heavy atom. The van der Waals surface area contributed by atoms with Crippen molar-refractivity contribution < 1.29 is 18.4 Å². The van der Waals surface area contributed by atoms with Gasteiger partial charge in [-0.2, -0.15) is 0 Å². The van der Waals surface area contributed by atoms with E-state index in [1.54, 1.807) is 4.90 Å². The molecule has 114 valence electrons. The third-order valence-electron chi connectivity index (χ3n) is 3.77. The number of nitrogens with zero attached hydrogens (tertiary/aromatic N) is 1. The summed E-state index contributed by atoms with van der Waals surface area (Å²) in [6.07, 6.45) is 3.85. The van der Waals surface area contributed by atoms with Crippen LogP contribution in [-0.4, -0.2) is 29.2 Å². The quantitative estimate of drug-likeness (QED) is 0.857. The molecule has 1 amide bonds. The number of benzene rings is 1. The molecule has 0 aliphatic carbocycles. The SMILES string of the molecule is CC(=O)CC1CCCCCN1C(=O)c1cc(F)cc(F)c1. The van der Waals surface area contributed by atoms with Crippen LogP contribution < -0.4 is 0 Å². The van der Waals surface area contributed by atoms with E-state index in [0.717, 1.165) is 43.9 Å². The highest BCUT2D eigenvalue weighted by Crippen LogP contribution is 2.22. The fourth-order valence-electron chi connectivity index (χ4n) is 2.83. The number of rotatable bonds is 3. The zero-order chi connectivity index (χ0) is 15.4. The second kappa shape index (κ2) is 6.78. The first-order chi connectivity index (χ1) is 9.97. The number of halogens is 2. The standard InChI is InChI=1S/C16H19F2NO2/c1-11(20)7-15-5-3-2-4-6-19(15)16(21)12-8-13(17)10-14(18)9-12/h8-10,15H,2-7H2,1H3. The number of hydrogen-bond acceptors (Lipinski definition) is 2. The van der Waals surface area contributed by atoms with Gasteiger partial charge in [-0.15, -0.1) is 0 Å². The molecule has 1 aliphatic rings. The summed E-state index contributed by atoms with van der Waals surface area (Å²) >= 11 is 0. The van der Waals surface area contributed by atoms with Crippen molar-refractivity contribution in [3.63, 3.8) is 0 Å². The lowest BCUT2D eigenvalue weighted by Gasteiger charge is -2.29. The molecule has 2 rings (SSSR count). The molecule has 0 radical (unpaired) electrons. The number of ketones is 1. The molecule has 1 heterocycles. The molecule has 1 aromatic rings. The minimum absolute atomic E-state index is 0.00273. The van der Waals surface area contributed by atoms with Crippen molar-refractivity contribution >= 4 is 11.7 Å². The Hall–Kier alpha value is -1.78.